The Morgan fingerprint density at radius 3 is 3.00 bits per heavy atom. The number of anilines is 1. The average Bonchev–Trinajstić information content (AvgIpc) is 2.42. The van der Waals surface area contributed by atoms with Crippen LogP contribution in [0.5, 0.6) is 5.75 Å². The summed E-state index contributed by atoms with van der Waals surface area (Å²) in [6.45, 7) is 1.88. The van der Waals surface area contributed by atoms with Gasteiger partial charge in [0.2, 0.25) is 0 Å². The van der Waals surface area contributed by atoms with Gasteiger partial charge in [0.25, 0.3) is 0 Å². The summed E-state index contributed by atoms with van der Waals surface area (Å²) in [5.41, 5.74) is 7.44. The second kappa shape index (κ2) is 2.65. The number of nitrogens with zero attached hydrogens (tertiary/aromatic N) is 2. The van der Waals surface area contributed by atoms with E-state index in [1.54, 1.807) is 7.11 Å². The summed E-state index contributed by atoms with van der Waals surface area (Å²) in [7, 11) is 1.63. The van der Waals surface area contributed by atoms with Gasteiger partial charge >= 0.3 is 0 Å². The van der Waals surface area contributed by atoms with Gasteiger partial charge in [-0.05, 0) is 13.0 Å². The molecule has 4 nitrogen and oxygen atoms in total. The number of ether oxygens (including phenoxy) is 1. The molecule has 0 fully saturated rings. The third-order valence-electron chi connectivity index (χ3n) is 2.05. The summed E-state index contributed by atoms with van der Waals surface area (Å²) in [6, 6.07) is 3.70. The zero-order chi connectivity index (χ0) is 9.42. The smallest absolute Gasteiger partial charge is 0.142 e. The number of aryl methyl sites for hydroxylation is 1. The molecule has 0 aliphatic rings. The van der Waals surface area contributed by atoms with Gasteiger partial charge in [0, 0.05) is 12.3 Å². The van der Waals surface area contributed by atoms with Gasteiger partial charge in [0.1, 0.15) is 17.2 Å². The van der Waals surface area contributed by atoms with Crippen LogP contribution in [-0.2, 0) is 0 Å². The Morgan fingerprint density at radius 1 is 1.54 bits per heavy atom. The molecule has 4 heteroatoms. The summed E-state index contributed by atoms with van der Waals surface area (Å²) in [6.07, 6.45) is 1.85. The molecule has 0 saturated heterocycles. The Morgan fingerprint density at radius 2 is 2.31 bits per heavy atom. The molecule has 0 aromatic carbocycles. The van der Waals surface area contributed by atoms with E-state index >= 15 is 0 Å². The number of fused-ring (bicyclic) bond motifs is 1. The zero-order valence-electron chi connectivity index (χ0n) is 7.61. The molecule has 13 heavy (non-hydrogen) atoms. The van der Waals surface area contributed by atoms with Crippen molar-refractivity contribution >= 4 is 11.5 Å². The van der Waals surface area contributed by atoms with Crippen molar-refractivity contribution < 1.29 is 4.74 Å². The molecule has 0 aliphatic carbocycles. The lowest BCUT2D eigenvalue weighted by Gasteiger charge is -1.99. The monoisotopic (exact) mass is 177 g/mol. The Kier molecular flexibility index (Phi) is 1.62. The van der Waals surface area contributed by atoms with Crippen LogP contribution in [0.4, 0.5) is 5.82 Å². The van der Waals surface area contributed by atoms with Crippen LogP contribution in [-0.4, -0.2) is 16.5 Å². The lowest BCUT2D eigenvalue weighted by molar-refractivity contribution is 0.414. The largest absolute Gasteiger partial charge is 0.497 e. The normalized spacial score (nSPS) is 10.6. The van der Waals surface area contributed by atoms with Gasteiger partial charge in [-0.1, -0.05) is 0 Å². The number of hydrogen-bond donors (Lipinski definition) is 1. The highest BCUT2D eigenvalue weighted by Gasteiger charge is 2.04. The van der Waals surface area contributed by atoms with Gasteiger partial charge in [0.15, 0.2) is 0 Å². The fourth-order valence-electron chi connectivity index (χ4n) is 1.29. The average molecular weight is 177 g/mol. The van der Waals surface area contributed by atoms with Crippen molar-refractivity contribution in [2.24, 2.45) is 0 Å². The molecule has 0 unspecified atom stereocenters. The maximum absolute atomic E-state index is 5.79. The van der Waals surface area contributed by atoms with Crippen molar-refractivity contribution in [3.63, 3.8) is 0 Å². The SMILES string of the molecule is COc1ccn2c(N)c(C)nc2c1. The predicted octanol–water partition coefficient (Wildman–Crippen LogP) is 1.23. The van der Waals surface area contributed by atoms with E-state index in [4.69, 9.17) is 10.5 Å². The van der Waals surface area contributed by atoms with Crippen LogP contribution in [0.25, 0.3) is 5.65 Å². The first kappa shape index (κ1) is 7.91. The maximum Gasteiger partial charge on any atom is 0.142 e. The van der Waals surface area contributed by atoms with Crippen molar-refractivity contribution in [1.29, 1.82) is 0 Å². The first-order valence-corrected chi connectivity index (χ1v) is 4.00. The molecular formula is C9H11N3O. The lowest BCUT2D eigenvalue weighted by Crippen LogP contribution is -1.93. The van der Waals surface area contributed by atoms with Crippen molar-refractivity contribution in [3.05, 3.63) is 24.0 Å². The summed E-state index contributed by atoms with van der Waals surface area (Å²) in [4.78, 5) is 4.28. The summed E-state index contributed by atoms with van der Waals surface area (Å²) < 4.78 is 6.91. The predicted molar refractivity (Wildman–Crippen MR) is 50.9 cm³/mol. The van der Waals surface area contributed by atoms with E-state index in [-0.39, 0.29) is 0 Å². The van der Waals surface area contributed by atoms with E-state index in [1.165, 1.54) is 0 Å². The Hall–Kier alpha value is -1.71. The van der Waals surface area contributed by atoms with E-state index in [0.717, 1.165) is 17.1 Å². The summed E-state index contributed by atoms with van der Waals surface area (Å²) in [5.74, 6) is 1.47. The van der Waals surface area contributed by atoms with Gasteiger partial charge < -0.3 is 10.5 Å². The van der Waals surface area contributed by atoms with E-state index in [9.17, 15) is 0 Å². The molecule has 0 radical (unpaired) electrons. The quantitative estimate of drug-likeness (QED) is 0.712. The number of hydrogen-bond acceptors (Lipinski definition) is 3. The molecule has 0 aliphatic heterocycles. The Labute approximate surface area is 76.0 Å². The highest BCUT2D eigenvalue weighted by atomic mass is 16.5. The molecule has 0 spiro atoms. The zero-order valence-corrected chi connectivity index (χ0v) is 7.61. The minimum Gasteiger partial charge on any atom is -0.497 e. The van der Waals surface area contributed by atoms with E-state index in [2.05, 4.69) is 4.98 Å². The molecule has 0 bridgehead atoms. The van der Waals surface area contributed by atoms with Gasteiger partial charge in [0.05, 0.1) is 12.8 Å². The van der Waals surface area contributed by atoms with Crippen molar-refractivity contribution in [1.82, 2.24) is 9.38 Å². The fourth-order valence-corrected chi connectivity index (χ4v) is 1.29. The number of imidazole rings is 1. The third-order valence-corrected chi connectivity index (χ3v) is 2.05. The number of nitrogen functional groups attached to an aromatic ring is 1. The van der Waals surface area contributed by atoms with Crippen molar-refractivity contribution in [2.45, 2.75) is 6.92 Å². The maximum atomic E-state index is 5.79. The highest BCUT2D eigenvalue weighted by Crippen LogP contribution is 2.18. The number of pyridine rings is 1. The minimum absolute atomic E-state index is 0.678. The van der Waals surface area contributed by atoms with E-state index in [0.29, 0.717) is 5.82 Å². The molecule has 2 aromatic heterocycles. The molecule has 0 atom stereocenters. The van der Waals surface area contributed by atoms with E-state index in [1.807, 2.05) is 29.7 Å². The topological polar surface area (TPSA) is 52.5 Å². The lowest BCUT2D eigenvalue weighted by atomic mass is 10.4. The number of nitrogens with two attached hydrogens (primary N) is 1. The number of methoxy groups -OCH3 is 1. The molecule has 2 aromatic rings. The second-order valence-corrected chi connectivity index (χ2v) is 2.88. The molecule has 2 rings (SSSR count). The van der Waals surface area contributed by atoms with Crippen molar-refractivity contribution in [2.75, 3.05) is 12.8 Å². The van der Waals surface area contributed by atoms with Crippen LogP contribution in [0.15, 0.2) is 18.3 Å². The van der Waals surface area contributed by atoms with Gasteiger partial charge in [-0.25, -0.2) is 4.98 Å². The van der Waals surface area contributed by atoms with Crippen LogP contribution in [0.3, 0.4) is 0 Å². The highest BCUT2D eigenvalue weighted by molar-refractivity contribution is 5.54. The first-order chi connectivity index (χ1) is 6.22. The van der Waals surface area contributed by atoms with Crippen LogP contribution >= 0.6 is 0 Å². The van der Waals surface area contributed by atoms with Crippen LogP contribution in [0.2, 0.25) is 0 Å². The molecule has 68 valence electrons. The summed E-state index contributed by atoms with van der Waals surface area (Å²) >= 11 is 0. The molecule has 2 N–H and O–H groups in total. The van der Waals surface area contributed by atoms with Crippen LogP contribution in [0.1, 0.15) is 5.69 Å². The van der Waals surface area contributed by atoms with Crippen LogP contribution in [0, 0.1) is 6.92 Å². The van der Waals surface area contributed by atoms with Crippen molar-refractivity contribution in [3.8, 4) is 5.75 Å². The molecule has 0 saturated carbocycles. The standard InChI is InChI=1S/C9H11N3O/c1-6-9(10)12-4-3-7(13-2)5-8(12)11-6/h3-5H,10H2,1-2H3. The Bertz CT molecular complexity index is 447. The van der Waals surface area contributed by atoms with Gasteiger partial charge in [-0.15, -0.1) is 0 Å². The fraction of sp³-hybridized carbons (Fsp3) is 0.222. The number of aromatic nitrogens is 2. The molecule has 2 heterocycles. The van der Waals surface area contributed by atoms with Gasteiger partial charge in [-0.3, -0.25) is 4.40 Å². The molecular weight excluding hydrogens is 166 g/mol. The second-order valence-electron chi connectivity index (χ2n) is 2.88. The third kappa shape index (κ3) is 1.11. The molecule has 0 amide bonds. The summed E-state index contributed by atoms with van der Waals surface area (Å²) in [5, 5.41) is 0. The minimum atomic E-state index is 0.678. The van der Waals surface area contributed by atoms with Crippen LogP contribution < -0.4 is 10.5 Å². The van der Waals surface area contributed by atoms with Gasteiger partial charge in [-0.2, -0.15) is 0 Å². The Balaban J connectivity index is 2.73. The van der Waals surface area contributed by atoms with E-state index < -0.39 is 0 Å². The first-order valence-electron chi connectivity index (χ1n) is 4.00. The number of rotatable bonds is 1.